The van der Waals surface area contributed by atoms with Crippen LogP contribution in [-0.4, -0.2) is 60.4 Å². The number of amides is 3. The molecule has 2 aromatic carbocycles. The van der Waals surface area contributed by atoms with E-state index >= 15 is 0 Å². The van der Waals surface area contributed by atoms with E-state index in [9.17, 15) is 9.59 Å². The highest BCUT2D eigenvalue weighted by Gasteiger charge is 2.47. The molecule has 6 nitrogen and oxygen atoms in total. The summed E-state index contributed by atoms with van der Waals surface area (Å²) in [4.78, 5) is 31.3. The van der Waals surface area contributed by atoms with Gasteiger partial charge in [0, 0.05) is 13.0 Å². The monoisotopic (exact) mass is 379 g/mol. The minimum atomic E-state index is -0.388. The Hall–Kier alpha value is -2.86. The number of hydrogen-bond donors (Lipinski definition) is 0. The fraction of sp³-hybridized carbons (Fsp3) is 0.364. The van der Waals surface area contributed by atoms with Crippen molar-refractivity contribution in [1.29, 1.82) is 0 Å². The van der Waals surface area contributed by atoms with Crippen LogP contribution in [0.5, 0.6) is 5.75 Å². The third-order valence-corrected chi connectivity index (χ3v) is 5.76. The smallest absolute Gasteiger partial charge is 0.327 e. The van der Waals surface area contributed by atoms with Gasteiger partial charge in [0.1, 0.15) is 11.8 Å². The number of ether oxygens (including phenoxy) is 1. The Bertz CT molecular complexity index is 851. The molecule has 0 radical (unpaired) electrons. The molecule has 6 heteroatoms. The average Bonchev–Trinajstić information content (AvgIpc) is 2.94. The Morgan fingerprint density at radius 1 is 1.07 bits per heavy atom. The van der Waals surface area contributed by atoms with E-state index in [0.29, 0.717) is 19.5 Å². The van der Waals surface area contributed by atoms with Crippen LogP contribution in [0.1, 0.15) is 22.7 Å². The molecule has 2 aliphatic rings. The van der Waals surface area contributed by atoms with E-state index in [1.54, 1.807) is 12.0 Å². The SMILES string of the molecule is COc1ccc([C@@H](CN2C(=O)[C@@H]3Cc4ccccc4CN3C2=O)N(C)C)cc1. The Morgan fingerprint density at radius 3 is 2.39 bits per heavy atom. The molecule has 0 spiro atoms. The topological polar surface area (TPSA) is 53.1 Å². The van der Waals surface area contributed by atoms with Crippen molar-refractivity contribution in [2.75, 3.05) is 27.7 Å². The normalized spacial score (nSPS) is 19.6. The molecule has 3 amide bonds. The van der Waals surface area contributed by atoms with Crippen molar-refractivity contribution in [3.8, 4) is 5.75 Å². The molecule has 2 atom stereocenters. The van der Waals surface area contributed by atoms with E-state index in [1.807, 2.05) is 67.5 Å². The molecule has 0 unspecified atom stereocenters. The number of hydrogen-bond acceptors (Lipinski definition) is 4. The maximum absolute atomic E-state index is 13.1. The molecule has 28 heavy (non-hydrogen) atoms. The number of rotatable bonds is 5. The number of methoxy groups -OCH3 is 1. The lowest BCUT2D eigenvalue weighted by Crippen LogP contribution is -2.40. The van der Waals surface area contributed by atoms with Gasteiger partial charge < -0.3 is 14.5 Å². The highest BCUT2D eigenvalue weighted by atomic mass is 16.5. The summed E-state index contributed by atoms with van der Waals surface area (Å²) in [5.74, 6) is 0.685. The Kier molecular flexibility index (Phi) is 4.81. The lowest BCUT2D eigenvalue weighted by molar-refractivity contribution is -0.129. The van der Waals surface area contributed by atoms with Crippen LogP contribution in [-0.2, 0) is 17.8 Å². The number of nitrogens with zero attached hydrogens (tertiary/aromatic N) is 3. The van der Waals surface area contributed by atoms with Crippen molar-refractivity contribution in [2.45, 2.75) is 25.0 Å². The van der Waals surface area contributed by atoms with Crippen molar-refractivity contribution < 1.29 is 14.3 Å². The van der Waals surface area contributed by atoms with E-state index in [-0.39, 0.29) is 24.0 Å². The van der Waals surface area contributed by atoms with Gasteiger partial charge in [-0.1, -0.05) is 36.4 Å². The maximum atomic E-state index is 13.1. The van der Waals surface area contributed by atoms with Crippen LogP contribution < -0.4 is 4.74 Å². The molecule has 2 aliphatic heterocycles. The number of imide groups is 1. The quantitative estimate of drug-likeness (QED) is 0.750. The fourth-order valence-electron chi connectivity index (χ4n) is 4.11. The standard InChI is InChI=1S/C22H25N3O3/c1-23(2)20(15-8-10-18(28-3)11-9-15)14-25-21(26)19-12-16-6-4-5-7-17(16)13-24(19)22(25)27/h4-11,19-20H,12-14H2,1-3H3/t19-,20+/m0/s1. The van der Waals surface area contributed by atoms with Gasteiger partial charge in [-0.15, -0.1) is 0 Å². The molecule has 0 N–H and O–H groups in total. The van der Waals surface area contributed by atoms with Crippen LogP contribution >= 0.6 is 0 Å². The maximum Gasteiger partial charge on any atom is 0.327 e. The summed E-state index contributed by atoms with van der Waals surface area (Å²) in [5.41, 5.74) is 3.33. The first-order chi connectivity index (χ1) is 13.5. The summed E-state index contributed by atoms with van der Waals surface area (Å²) in [6, 6.07) is 15.2. The lowest BCUT2D eigenvalue weighted by Gasteiger charge is -2.29. The largest absolute Gasteiger partial charge is 0.497 e. The Labute approximate surface area is 165 Å². The molecule has 146 valence electrons. The molecule has 2 aromatic rings. The molecule has 4 rings (SSSR count). The van der Waals surface area contributed by atoms with Crippen molar-refractivity contribution in [3.05, 3.63) is 65.2 Å². The summed E-state index contributed by atoms with van der Waals surface area (Å²) in [6.45, 7) is 0.831. The fourth-order valence-corrected chi connectivity index (χ4v) is 4.11. The van der Waals surface area contributed by atoms with Gasteiger partial charge in [-0.3, -0.25) is 9.69 Å². The molecular weight excluding hydrogens is 354 g/mol. The van der Waals surface area contributed by atoms with Crippen LogP contribution in [0.3, 0.4) is 0 Å². The van der Waals surface area contributed by atoms with E-state index in [4.69, 9.17) is 4.74 Å². The zero-order chi connectivity index (χ0) is 19.8. The van der Waals surface area contributed by atoms with E-state index in [1.165, 1.54) is 4.90 Å². The number of carbonyl (C=O) groups excluding carboxylic acids is 2. The van der Waals surface area contributed by atoms with E-state index in [2.05, 4.69) is 0 Å². The highest BCUT2D eigenvalue weighted by Crippen LogP contribution is 2.32. The zero-order valence-electron chi connectivity index (χ0n) is 16.5. The Morgan fingerprint density at radius 2 is 1.75 bits per heavy atom. The van der Waals surface area contributed by atoms with Gasteiger partial charge in [-0.05, 0) is 42.9 Å². The summed E-state index contributed by atoms with van der Waals surface area (Å²) < 4.78 is 5.23. The number of urea groups is 1. The second-order valence-corrected chi connectivity index (χ2v) is 7.60. The van der Waals surface area contributed by atoms with Crippen molar-refractivity contribution >= 4 is 11.9 Å². The molecule has 1 saturated heterocycles. The number of fused-ring (bicyclic) bond motifs is 2. The molecule has 0 saturated carbocycles. The molecule has 0 aliphatic carbocycles. The summed E-state index contributed by atoms with van der Waals surface area (Å²) >= 11 is 0. The van der Waals surface area contributed by atoms with Gasteiger partial charge in [0.2, 0.25) is 0 Å². The molecule has 1 fully saturated rings. The molecule has 0 bridgehead atoms. The van der Waals surface area contributed by atoms with Crippen LogP contribution in [0, 0.1) is 0 Å². The van der Waals surface area contributed by atoms with E-state index < -0.39 is 0 Å². The molecule has 2 heterocycles. The first kappa shape index (κ1) is 18.5. The predicted molar refractivity (Wildman–Crippen MR) is 106 cm³/mol. The number of likely N-dealkylation sites (N-methyl/N-ethyl adjacent to an activating group) is 1. The van der Waals surface area contributed by atoms with Gasteiger partial charge in [-0.2, -0.15) is 0 Å². The van der Waals surface area contributed by atoms with Crippen LogP contribution in [0.2, 0.25) is 0 Å². The van der Waals surface area contributed by atoms with Gasteiger partial charge in [0.05, 0.1) is 19.7 Å². The van der Waals surface area contributed by atoms with Gasteiger partial charge in [0.15, 0.2) is 0 Å². The minimum Gasteiger partial charge on any atom is -0.497 e. The van der Waals surface area contributed by atoms with Crippen molar-refractivity contribution in [3.63, 3.8) is 0 Å². The second-order valence-electron chi connectivity index (χ2n) is 7.60. The first-order valence-electron chi connectivity index (χ1n) is 9.48. The van der Waals surface area contributed by atoms with E-state index in [0.717, 1.165) is 22.4 Å². The summed E-state index contributed by atoms with van der Waals surface area (Å²) in [5, 5.41) is 0. The molecule has 0 aromatic heterocycles. The minimum absolute atomic E-state index is 0.0810. The van der Waals surface area contributed by atoms with Gasteiger partial charge in [-0.25, -0.2) is 4.79 Å². The Balaban J connectivity index is 1.57. The summed E-state index contributed by atoms with van der Waals surface area (Å²) in [6.07, 6.45) is 0.590. The van der Waals surface area contributed by atoms with Gasteiger partial charge in [0.25, 0.3) is 5.91 Å². The highest BCUT2D eigenvalue weighted by molar-refractivity contribution is 6.04. The summed E-state index contributed by atoms with van der Waals surface area (Å²) in [7, 11) is 5.56. The first-order valence-corrected chi connectivity index (χ1v) is 9.48. The number of carbonyl (C=O) groups is 2. The third-order valence-electron chi connectivity index (χ3n) is 5.76. The lowest BCUT2D eigenvalue weighted by atomic mass is 9.95. The molecular formula is C22H25N3O3. The average molecular weight is 379 g/mol. The van der Waals surface area contributed by atoms with Crippen LogP contribution in [0.25, 0.3) is 0 Å². The van der Waals surface area contributed by atoms with Crippen LogP contribution in [0.15, 0.2) is 48.5 Å². The number of benzene rings is 2. The van der Waals surface area contributed by atoms with Crippen LogP contribution in [0.4, 0.5) is 4.79 Å². The zero-order valence-corrected chi connectivity index (χ0v) is 16.5. The second kappa shape index (κ2) is 7.28. The van der Waals surface area contributed by atoms with Gasteiger partial charge >= 0.3 is 6.03 Å². The predicted octanol–water partition coefficient (Wildman–Crippen LogP) is 2.69. The third kappa shape index (κ3) is 3.14. The van der Waals surface area contributed by atoms with Crippen molar-refractivity contribution in [1.82, 2.24) is 14.7 Å². The van der Waals surface area contributed by atoms with Crippen molar-refractivity contribution in [2.24, 2.45) is 0 Å².